The normalized spacial score (nSPS) is 11.9. The maximum absolute atomic E-state index is 6.55. The van der Waals surface area contributed by atoms with E-state index >= 15 is 0 Å². The van der Waals surface area contributed by atoms with Gasteiger partial charge in [-0.1, -0.05) is 112 Å². The third-order valence-corrected chi connectivity index (χ3v) is 7.69. The first-order chi connectivity index (χ1) is 19.5. The van der Waals surface area contributed by atoms with Crippen molar-refractivity contribution in [3.63, 3.8) is 0 Å². The molecule has 0 fully saturated rings. The predicted molar refractivity (Wildman–Crippen MR) is 170 cm³/mol. The van der Waals surface area contributed by atoms with Crippen molar-refractivity contribution >= 4 is 49.6 Å². The van der Waals surface area contributed by atoms with Crippen LogP contribution in [0.25, 0.3) is 43.8 Å². The second kappa shape index (κ2) is 9.43. The zero-order valence-electron chi connectivity index (χ0n) is 23.1. The fraction of sp³-hybridized carbons (Fsp3) is 0.105. The Morgan fingerprint density at radius 3 is 1.68 bits per heavy atom. The van der Waals surface area contributed by atoms with Crippen LogP contribution in [0.3, 0.4) is 0 Å². The van der Waals surface area contributed by atoms with E-state index in [-0.39, 0.29) is 5.41 Å². The smallest absolute Gasteiger partial charge is 0.139 e. The first-order valence-corrected chi connectivity index (χ1v) is 13.9. The molecule has 2 nitrogen and oxygen atoms in total. The van der Waals surface area contributed by atoms with Crippen molar-refractivity contribution in [1.29, 1.82) is 0 Å². The number of anilines is 3. The summed E-state index contributed by atoms with van der Waals surface area (Å²) >= 11 is 0. The molecule has 40 heavy (non-hydrogen) atoms. The zero-order chi connectivity index (χ0) is 27.3. The van der Waals surface area contributed by atoms with Crippen LogP contribution in [-0.4, -0.2) is 0 Å². The largest absolute Gasteiger partial charge is 0.456 e. The highest BCUT2D eigenvalue weighted by Gasteiger charge is 2.26. The van der Waals surface area contributed by atoms with Crippen LogP contribution in [0.15, 0.2) is 138 Å². The highest BCUT2D eigenvalue weighted by Crippen LogP contribution is 2.43. The molecule has 7 aromatic rings. The topological polar surface area (TPSA) is 16.4 Å². The molecule has 0 saturated heterocycles. The monoisotopic (exact) mass is 517 g/mol. The molecule has 0 aliphatic rings. The maximum atomic E-state index is 6.55. The number of fused-ring (bicyclic) bond motifs is 3. The minimum atomic E-state index is -0.0751. The lowest BCUT2D eigenvalue weighted by molar-refractivity contribution is 0.568. The van der Waals surface area contributed by atoms with Gasteiger partial charge in [0.25, 0.3) is 0 Å². The van der Waals surface area contributed by atoms with E-state index < -0.39 is 0 Å². The van der Waals surface area contributed by atoms with Gasteiger partial charge in [0.2, 0.25) is 0 Å². The van der Waals surface area contributed by atoms with E-state index in [9.17, 15) is 0 Å². The molecular weight excluding hydrogens is 486 g/mol. The van der Waals surface area contributed by atoms with Crippen LogP contribution < -0.4 is 4.90 Å². The van der Waals surface area contributed by atoms with E-state index in [0.717, 1.165) is 34.0 Å². The van der Waals surface area contributed by atoms with Crippen molar-refractivity contribution in [3.8, 4) is 11.3 Å². The van der Waals surface area contributed by atoms with Gasteiger partial charge < -0.3 is 9.32 Å². The van der Waals surface area contributed by atoms with E-state index in [1.54, 1.807) is 0 Å². The van der Waals surface area contributed by atoms with Gasteiger partial charge in [-0.25, -0.2) is 0 Å². The molecule has 0 bridgehead atoms. The van der Waals surface area contributed by atoms with E-state index in [1.807, 2.05) is 6.07 Å². The fourth-order valence-corrected chi connectivity index (χ4v) is 5.86. The summed E-state index contributed by atoms with van der Waals surface area (Å²) in [6.45, 7) is 6.77. The van der Waals surface area contributed by atoms with Gasteiger partial charge in [0.15, 0.2) is 0 Å². The van der Waals surface area contributed by atoms with Crippen LogP contribution in [0.5, 0.6) is 0 Å². The zero-order valence-corrected chi connectivity index (χ0v) is 23.1. The Morgan fingerprint density at radius 2 is 1.05 bits per heavy atom. The Balaban J connectivity index is 1.44. The van der Waals surface area contributed by atoms with E-state index in [0.29, 0.717) is 0 Å². The van der Waals surface area contributed by atoms with Gasteiger partial charge in [0.05, 0.1) is 0 Å². The first-order valence-electron chi connectivity index (χ1n) is 13.9. The molecule has 0 atom stereocenters. The van der Waals surface area contributed by atoms with Gasteiger partial charge in [-0.3, -0.25) is 0 Å². The summed E-state index contributed by atoms with van der Waals surface area (Å²) < 4.78 is 6.55. The molecule has 7 rings (SSSR count). The average Bonchev–Trinajstić information content (AvgIpc) is 3.38. The van der Waals surface area contributed by atoms with Gasteiger partial charge in [-0.05, 0) is 69.4 Å². The molecule has 0 unspecified atom stereocenters. The number of hydrogen-bond acceptors (Lipinski definition) is 2. The van der Waals surface area contributed by atoms with E-state index in [1.165, 1.54) is 32.5 Å². The van der Waals surface area contributed by atoms with Crippen molar-refractivity contribution in [2.75, 3.05) is 4.90 Å². The number of benzene rings is 6. The second-order valence-electron chi connectivity index (χ2n) is 11.5. The molecule has 0 amide bonds. The highest BCUT2D eigenvalue weighted by molar-refractivity contribution is 5.94. The molecule has 0 saturated carbocycles. The fourth-order valence-electron chi connectivity index (χ4n) is 5.86. The van der Waals surface area contributed by atoms with E-state index in [4.69, 9.17) is 4.42 Å². The molecule has 0 spiro atoms. The van der Waals surface area contributed by atoms with Gasteiger partial charge in [0, 0.05) is 33.6 Å². The minimum Gasteiger partial charge on any atom is -0.456 e. The second-order valence-corrected chi connectivity index (χ2v) is 11.5. The Bertz CT molecular complexity index is 1930. The van der Waals surface area contributed by atoms with Gasteiger partial charge in [-0.15, -0.1) is 0 Å². The molecule has 194 valence electrons. The summed E-state index contributed by atoms with van der Waals surface area (Å²) in [6, 6.07) is 47.6. The lowest BCUT2D eigenvalue weighted by atomic mass is 9.83. The molecule has 6 aromatic carbocycles. The maximum Gasteiger partial charge on any atom is 0.139 e. The number of nitrogens with zero attached hydrogens (tertiary/aromatic N) is 1. The molecule has 1 heterocycles. The van der Waals surface area contributed by atoms with Crippen molar-refractivity contribution in [1.82, 2.24) is 0 Å². The van der Waals surface area contributed by atoms with Crippen LogP contribution in [0.1, 0.15) is 26.3 Å². The quantitative estimate of drug-likeness (QED) is 0.231. The van der Waals surface area contributed by atoms with Crippen LogP contribution in [0.2, 0.25) is 0 Å². The summed E-state index contributed by atoms with van der Waals surface area (Å²) in [5.41, 5.74) is 6.48. The molecule has 0 aliphatic carbocycles. The molecule has 0 aliphatic heterocycles. The summed E-state index contributed by atoms with van der Waals surface area (Å²) in [5, 5.41) is 6.07. The lowest BCUT2D eigenvalue weighted by Gasteiger charge is -2.27. The lowest BCUT2D eigenvalue weighted by Crippen LogP contribution is -2.12. The van der Waals surface area contributed by atoms with Crippen LogP contribution in [0.4, 0.5) is 17.1 Å². The van der Waals surface area contributed by atoms with Crippen LogP contribution in [0, 0.1) is 0 Å². The Morgan fingerprint density at radius 1 is 0.500 bits per heavy atom. The van der Waals surface area contributed by atoms with Crippen molar-refractivity contribution in [2.45, 2.75) is 26.2 Å². The molecule has 2 heteroatoms. The number of para-hydroxylation sites is 1. The van der Waals surface area contributed by atoms with E-state index in [2.05, 4.69) is 153 Å². The molecule has 1 aromatic heterocycles. The SMILES string of the molecule is CC(C)(C)c1c(-c2cccc(N(c3ccc4ccccc4c3)c3ccc4ccccc4c3)c2)oc2ccccc12. The summed E-state index contributed by atoms with van der Waals surface area (Å²) in [5.74, 6) is 0.938. The molecule has 0 radical (unpaired) electrons. The van der Waals surface area contributed by atoms with Gasteiger partial charge in [0.1, 0.15) is 11.3 Å². The molecule has 0 N–H and O–H groups in total. The number of furan rings is 1. The highest BCUT2D eigenvalue weighted by atomic mass is 16.3. The third-order valence-electron chi connectivity index (χ3n) is 7.69. The third kappa shape index (κ3) is 4.23. The Labute approximate surface area is 235 Å². The number of rotatable bonds is 4. The first kappa shape index (κ1) is 24.2. The Kier molecular flexibility index (Phi) is 5.71. The predicted octanol–water partition coefficient (Wildman–Crippen LogP) is 11.2. The van der Waals surface area contributed by atoms with Gasteiger partial charge in [-0.2, -0.15) is 0 Å². The summed E-state index contributed by atoms with van der Waals surface area (Å²) in [6.07, 6.45) is 0. The standard InChI is InChI=1S/C38H31NO/c1-38(2,3)36-34-17-8-9-18-35(34)40-37(36)30-15-10-16-31(25-30)39(32-21-19-26-11-4-6-13-28(26)23-32)33-22-20-27-12-5-7-14-29(27)24-33/h4-25H,1-3H3. The molecular formula is C38H31NO. The Hall–Kier alpha value is -4.82. The van der Waals surface area contributed by atoms with Crippen LogP contribution >= 0.6 is 0 Å². The van der Waals surface area contributed by atoms with Gasteiger partial charge >= 0.3 is 0 Å². The van der Waals surface area contributed by atoms with Crippen molar-refractivity contribution in [2.24, 2.45) is 0 Å². The van der Waals surface area contributed by atoms with Crippen molar-refractivity contribution < 1.29 is 4.42 Å². The average molecular weight is 518 g/mol. The number of hydrogen-bond donors (Lipinski definition) is 0. The van der Waals surface area contributed by atoms with Crippen LogP contribution in [-0.2, 0) is 5.41 Å². The summed E-state index contributed by atoms with van der Waals surface area (Å²) in [4.78, 5) is 2.35. The van der Waals surface area contributed by atoms with Crippen molar-refractivity contribution in [3.05, 3.63) is 139 Å². The summed E-state index contributed by atoms with van der Waals surface area (Å²) in [7, 11) is 0. The minimum absolute atomic E-state index is 0.0751.